The molecule has 2 aliphatic rings. The first-order valence-electron chi connectivity index (χ1n) is 16.0. The number of piperazine rings is 1. The van der Waals surface area contributed by atoms with Gasteiger partial charge in [-0.3, -0.25) is 4.68 Å². The highest BCUT2D eigenvalue weighted by molar-refractivity contribution is 6.34. The molecule has 14 heteroatoms. The second kappa shape index (κ2) is 14.0. The number of fused-ring (bicyclic) bond motifs is 1. The zero-order valence-electron chi connectivity index (χ0n) is 27.3. The normalized spacial score (nSPS) is 16.3. The number of rotatable bonds is 8. The number of amides is 2. The second-order valence-electron chi connectivity index (χ2n) is 12.2. The maximum absolute atomic E-state index is 14.9. The zero-order chi connectivity index (χ0) is 34.1. The monoisotopic (exact) mass is 682 g/mol. The first-order chi connectivity index (χ1) is 23.0. The number of alkyl halides is 1. The molecule has 6 rings (SSSR count). The molecule has 0 radical (unpaired) electrons. The van der Waals surface area contributed by atoms with Crippen LogP contribution < -0.4 is 19.9 Å². The fraction of sp³-hybridized carbons (Fsp3) is 0.412. The molecule has 2 aromatic heterocycles. The minimum Gasteiger partial charge on any atom is -0.491 e. The number of carbonyl (C=O) groups excluding carboxylic acids is 1. The van der Waals surface area contributed by atoms with Crippen molar-refractivity contribution in [2.45, 2.75) is 39.2 Å². The Bertz CT molecular complexity index is 1790. The van der Waals surface area contributed by atoms with Crippen molar-refractivity contribution in [3.05, 3.63) is 76.1 Å². The van der Waals surface area contributed by atoms with Gasteiger partial charge in [-0.2, -0.15) is 10.1 Å². The molecule has 1 N–H and O–H groups in total. The topological polar surface area (TPSA) is 91.7 Å². The smallest absolute Gasteiger partial charge is 0.332 e. The molecule has 1 atom stereocenters. The second-order valence-corrected chi connectivity index (χ2v) is 12.6. The van der Waals surface area contributed by atoms with Crippen LogP contribution in [0.15, 0.2) is 42.5 Å². The van der Waals surface area contributed by atoms with Gasteiger partial charge in [-0.15, -0.1) is 0 Å². The minimum absolute atomic E-state index is 0.0242. The largest absolute Gasteiger partial charge is 0.491 e. The highest BCUT2D eigenvalue weighted by Gasteiger charge is 2.38. The van der Waals surface area contributed by atoms with Crippen LogP contribution in [0.5, 0.6) is 5.75 Å². The SMILES string of the molecule is CC(C)c1cc(N2CCNCC2)nc(N(C(=O)N2CCc3c(nn(C)c3-c3cc(F)cc(F)c3)[C@@H]2C)c2cc(OCCF)ccc2Cl)n1. The summed E-state index contributed by atoms with van der Waals surface area (Å²) in [6, 6.07) is 9.14. The van der Waals surface area contributed by atoms with Crippen molar-refractivity contribution >= 4 is 35.1 Å². The molecule has 0 unspecified atom stereocenters. The molecule has 1 saturated heterocycles. The predicted molar refractivity (Wildman–Crippen MR) is 179 cm³/mol. The first-order valence-corrected chi connectivity index (χ1v) is 16.4. The molecule has 254 valence electrons. The average Bonchev–Trinajstić information content (AvgIpc) is 3.41. The van der Waals surface area contributed by atoms with E-state index in [0.717, 1.165) is 43.5 Å². The van der Waals surface area contributed by atoms with E-state index in [0.29, 0.717) is 34.9 Å². The lowest BCUT2D eigenvalue weighted by Gasteiger charge is -2.37. The van der Waals surface area contributed by atoms with Gasteiger partial charge in [-0.1, -0.05) is 25.4 Å². The molecular formula is C34H38ClF3N8O2. The van der Waals surface area contributed by atoms with E-state index in [1.54, 1.807) is 34.8 Å². The van der Waals surface area contributed by atoms with Crippen molar-refractivity contribution in [3.63, 3.8) is 0 Å². The van der Waals surface area contributed by atoms with E-state index >= 15 is 0 Å². The van der Waals surface area contributed by atoms with Crippen molar-refractivity contribution in [1.82, 2.24) is 30.0 Å². The number of aromatic nitrogens is 4. The van der Waals surface area contributed by atoms with Gasteiger partial charge in [0.05, 0.1) is 33.8 Å². The van der Waals surface area contributed by atoms with E-state index in [2.05, 4.69) is 10.2 Å². The van der Waals surface area contributed by atoms with Crippen LogP contribution in [0.1, 0.15) is 49.7 Å². The molecule has 48 heavy (non-hydrogen) atoms. The van der Waals surface area contributed by atoms with Crippen LogP contribution >= 0.6 is 11.6 Å². The predicted octanol–water partition coefficient (Wildman–Crippen LogP) is 6.57. The Morgan fingerprint density at radius 3 is 2.50 bits per heavy atom. The van der Waals surface area contributed by atoms with Gasteiger partial charge in [0.25, 0.3) is 0 Å². The molecule has 0 bridgehead atoms. The van der Waals surface area contributed by atoms with Gasteiger partial charge in [0.15, 0.2) is 0 Å². The summed E-state index contributed by atoms with van der Waals surface area (Å²) in [5.41, 5.74) is 3.41. The molecule has 4 aromatic rings. The molecular weight excluding hydrogens is 645 g/mol. The number of aryl methyl sites for hydroxylation is 1. The number of urea groups is 1. The Labute approximate surface area is 282 Å². The summed E-state index contributed by atoms with van der Waals surface area (Å²) in [7, 11) is 1.72. The Balaban J connectivity index is 1.45. The van der Waals surface area contributed by atoms with Crippen LogP contribution in [0.2, 0.25) is 5.02 Å². The number of hydrogen-bond acceptors (Lipinski definition) is 7. The molecule has 2 amide bonds. The number of hydrogen-bond donors (Lipinski definition) is 1. The fourth-order valence-electron chi connectivity index (χ4n) is 6.28. The molecule has 0 spiro atoms. The molecule has 1 fully saturated rings. The Kier molecular flexibility index (Phi) is 9.79. The van der Waals surface area contributed by atoms with Crippen LogP contribution in [0.4, 0.5) is 35.4 Å². The summed E-state index contributed by atoms with van der Waals surface area (Å²) >= 11 is 6.79. The van der Waals surface area contributed by atoms with Crippen LogP contribution in [0, 0.1) is 11.6 Å². The maximum Gasteiger partial charge on any atom is 0.332 e. The summed E-state index contributed by atoms with van der Waals surface area (Å²) in [6.07, 6.45) is 0.382. The third kappa shape index (κ3) is 6.66. The van der Waals surface area contributed by atoms with E-state index in [4.69, 9.17) is 31.4 Å². The van der Waals surface area contributed by atoms with Crippen molar-refractivity contribution in [2.75, 3.05) is 55.8 Å². The van der Waals surface area contributed by atoms with Crippen molar-refractivity contribution in [2.24, 2.45) is 7.05 Å². The number of anilines is 3. The van der Waals surface area contributed by atoms with Gasteiger partial charge in [-0.25, -0.2) is 27.8 Å². The summed E-state index contributed by atoms with van der Waals surface area (Å²) in [5.74, 6) is -0.188. The van der Waals surface area contributed by atoms with Crippen molar-refractivity contribution in [1.29, 1.82) is 0 Å². The van der Waals surface area contributed by atoms with Gasteiger partial charge >= 0.3 is 6.03 Å². The molecule has 0 aliphatic carbocycles. The third-order valence-electron chi connectivity index (χ3n) is 8.67. The Morgan fingerprint density at radius 1 is 1.08 bits per heavy atom. The van der Waals surface area contributed by atoms with Crippen LogP contribution in [-0.4, -0.2) is 76.7 Å². The standard InChI is InChI=1S/C34H38ClF3N8O2/c1-20(2)28-19-30(44-12-9-39-10-13-44)41-33(40-28)46(29-18-25(48-14-8-36)5-6-27(29)35)34(47)45-11-7-26-31(21(45)3)42-43(4)32(26)22-15-23(37)17-24(38)16-22/h5-6,15-21,39H,7-14H2,1-4H3/t21-/m0/s1. The summed E-state index contributed by atoms with van der Waals surface area (Å²) < 4.78 is 48.6. The molecule has 4 heterocycles. The summed E-state index contributed by atoms with van der Waals surface area (Å²) in [4.78, 5) is 29.9. The van der Waals surface area contributed by atoms with E-state index in [9.17, 15) is 18.0 Å². The summed E-state index contributed by atoms with van der Waals surface area (Å²) in [6.45, 7) is 8.38. The number of nitrogens with zero attached hydrogens (tertiary/aromatic N) is 7. The first kappa shape index (κ1) is 33.5. The average molecular weight is 683 g/mol. The molecule has 10 nitrogen and oxygen atoms in total. The number of nitrogens with one attached hydrogen (secondary N) is 1. The van der Waals surface area contributed by atoms with Gasteiger partial charge in [0.2, 0.25) is 5.95 Å². The lowest BCUT2D eigenvalue weighted by Crippen LogP contribution is -2.46. The molecule has 2 aliphatic heterocycles. The van der Waals surface area contributed by atoms with Gasteiger partial charge in [0.1, 0.15) is 36.5 Å². The van der Waals surface area contributed by atoms with Crippen molar-refractivity contribution < 1.29 is 22.7 Å². The third-order valence-corrected chi connectivity index (χ3v) is 8.99. The lowest BCUT2D eigenvalue weighted by molar-refractivity contribution is 0.182. The number of ether oxygens (including phenoxy) is 1. The van der Waals surface area contributed by atoms with Crippen molar-refractivity contribution in [3.8, 4) is 17.0 Å². The van der Waals surface area contributed by atoms with Gasteiger partial charge in [-0.05, 0) is 43.5 Å². The van der Waals surface area contributed by atoms with E-state index in [1.165, 1.54) is 17.0 Å². The quantitative estimate of drug-likeness (QED) is 0.225. The highest BCUT2D eigenvalue weighted by atomic mass is 35.5. The zero-order valence-corrected chi connectivity index (χ0v) is 28.1. The Hall–Kier alpha value is -4.36. The number of benzene rings is 2. The highest BCUT2D eigenvalue weighted by Crippen LogP contribution is 2.40. The van der Waals surface area contributed by atoms with Crippen LogP contribution in [0.3, 0.4) is 0 Å². The minimum atomic E-state index is -0.685. The number of carbonyl (C=O) groups is 1. The fourth-order valence-corrected chi connectivity index (χ4v) is 6.49. The van der Waals surface area contributed by atoms with E-state index in [1.807, 2.05) is 26.8 Å². The van der Waals surface area contributed by atoms with E-state index in [-0.39, 0.29) is 35.7 Å². The van der Waals surface area contributed by atoms with Gasteiger partial charge < -0.3 is 19.9 Å². The molecule has 0 saturated carbocycles. The Morgan fingerprint density at radius 2 is 1.81 bits per heavy atom. The van der Waals surface area contributed by atoms with Crippen LogP contribution in [-0.2, 0) is 13.5 Å². The van der Waals surface area contributed by atoms with Crippen LogP contribution in [0.25, 0.3) is 11.3 Å². The van der Waals surface area contributed by atoms with Gasteiger partial charge in [0, 0.05) is 69.1 Å². The number of halogens is 4. The van der Waals surface area contributed by atoms with E-state index < -0.39 is 30.4 Å². The lowest BCUT2D eigenvalue weighted by atomic mass is 9.95. The molecule has 2 aromatic carbocycles. The summed E-state index contributed by atoms with van der Waals surface area (Å²) in [5, 5.41) is 8.32. The maximum atomic E-state index is 14.9.